The molecule has 5 aliphatic rings. The van der Waals surface area contributed by atoms with E-state index in [2.05, 4.69) is 5.32 Å². The summed E-state index contributed by atoms with van der Waals surface area (Å²) in [6, 6.07) is 2.78. The number of carbonyl (C=O) groups excluding carboxylic acids is 2. The Bertz CT molecular complexity index is 1200. The van der Waals surface area contributed by atoms with Crippen molar-refractivity contribution >= 4 is 11.8 Å². The van der Waals surface area contributed by atoms with Crippen LogP contribution in [0.15, 0.2) is 23.8 Å². The minimum Gasteiger partial charge on any atom is -0.493 e. The zero-order valence-electron chi connectivity index (χ0n) is 24.7. The summed E-state index contributed by atoms with van der Waals surface area (Å²) in [5.74, 6) is 2.07. The van der Waals surface area contributed by atoms with Crippen LogP contribution in [0, 0.1) is 23.7 Å². The Morgan fingerprint density at radius 2 is 1.90 bits per heavy atom. The molecule has 0 saturated heterocycles. The van der Waals surface area contributed by atoms with Gasteiger partial charge < -0.3 is 35.0 Å². The van der Waals surface area contributed by atoms with E-state index in [0.29, 0.717) is 58.9 Å². The van der Waals surface area contributed by atoms with Gasteiger partial charge in [0.05, 0.1) is 32.3 Å². The third kappa shape index (κ3) is 5.55. The van der Waals surface area contributed by atoms with E-state index in [1.54, 1.807) is 18.2 Å². The van der Waals surface area contributed by atoms with E-state index < -0.39 is 24.2 Å². The second-order valence-electron chi connectivity index (χ2n) is 13.2. The highest BCUT2D eigenvalue weighted by atomic mass is 16.5. The fourth-order valence-electron chi connectivity index (χ4n) is 8.62. The van der Waals surface area contributed by atoms with Gasteiger partial charge in [-0.15, -0.1) is 0 Å². The molecule has 9 heteroatoms. The van der Waals surface area contributed by atoms with Crippen LogP contribution in [0.2, 0.25) is 0 Å². The summed E-state index contributed by atoms with van der Waals surface area (Å²) >= 11 is 0. The molecule has 1 aromatic carbocycles. The molecule has 9 nitrogen and oxygen atoms in total. The SMILES string of the molecule is COc1cc(CO)cc2c1O[C@@H]1[C@@H](O)[C@H](N(CC3CCCCC3)C(=O)CC3CC4CCC3C4)C=C(C(=O)NCCO)[C@H]21. The van der Waals surface area contributed by atoms with E-state index in [-0.39, 0.29) is 31.6 Å². The second kappa shape index (κ2) is 12.5. The monoisotopic (exact) mass is 582 g/mol. The molecule has 1 heterocycles. The lowest BCUT2D eigenvalue weighted by atomic mass is 9.76. The topological polar surface area (TPSA) is 129 Å². The van der Waals surface area contributed by atoms with Crippen molar-refractivity contribution < 1.29 is 34.4 Å². The first kappa shape index (κ1) is 29.5. The predicted octanol–water partition coefficient (Wildman–Crippen LogP) is 3.05. The summed E-state index contributed by atoms with van der Waals surface area (Å²) in [5.41, 5.74) is 1.68. The second-order valence-corrected chi connectivity index (χ2v) is 13.2. The summed E-state index contributed by atoms with van der Waals surface area (Å²) in [5, 5.41) is 34.1. The number of hydrogen-bond donors (Lipinski definition) is 4. The van der Waals surface area contributed by atoms with Crippen LogP contribution in [-0.2, 0) is 16.2 Å². The Kier molecular flexibility index (Phi) is 8.80. The third-order valence-corrected chi connectivity index (χ3v) is 10.7. The van der Waals surface area contributed by atoms with Crippen LogP contribution in [-0.4, -0.2) is 77.1 Å². The minimum absolute atomic E-state index is 0.0580. The lowest BCUT2D eigenvalue weighted by molar-refractivity contribution is -0.139. The van der Waals surface area contributed by atoms with E-state index in [0.717, 1.165) is 38.0 Å². The highest BCUT2D eigenvalue weighted by molar-refractivity contribution is 5.96. The van der Waals surface area contributed by atoms with E-state index >= 15 is 0 Å². The van der Waals surface area contributed by atoms with Gasteiger partial charge in [0.15, 0.2) is 11.5 Å². The number of aliphatic hydroxyl groups is 3. The van der Waals surface area contributed by atoms with Gasteiger partial charge in [-0.05, 0) is 79.5 Å². The van der Waals surface area contributed by atoms with Crippen LogP contribution in [0.1, 0.15) is 81.3 Å². The average Bonchev–Trinajstić information content (AvgIpc) is 3.74. The number of rotatable bonds is 10. The number of fused-ring (bicyclic) bond motifs is 5. The maximum absolute atomic E-state index is 14.2. The maximum atomic E-state index is 14.2. The molecule has 3 unspecified atom stereocenters. The van der Waals surface area contributed by atoms with Crippen molar-refractivity contribution in [2.75, 3.05) is 26.8 Å². The van der Waals surface area contributed by atoms with Gasteiger partial charge in [0, 0.05) is 30.6 Å². The van der Waals surface area contributed by atoms with Crippen LogP contribution >= 0.6 is 0 Å². The average molecular weight is 583 g/mol. The molecule has 2 bridgehead atoms. The quantitative estimate of drug-likeness (QED) is 0.334. The largest absolute Gasteiger partial charge is 0.493 e. The lowest BCUT2D eigenvalue weighted by Gasteiger charge is -2.42. The number of nitrogens with zero attached hydrogens (tertiary/aromatic N) is 1. The first-order valence-corrected chi connectivity index (χ1v) is 16.0. The molecule has 3 fully saturated rings. The fraction of sp³-hybridized carbons (Fsp3) is 0.697. The summed E-state index contributed by atoms with van der Waals surface area (Å²) in [7, 11) is 1.52. The fourth-order valence-corrected chi connectivity index (χ4v) is 8.62. The van der Waals surface area contributed by atoms with Crippen molar-refractivity contribution in [2.45, 2.75) is 95.0 Å². The first-order valence-electron chi connectivity index (χ1n) is 16.0. The van der Waals surface area contributed by atoms with Crippen molar-refractivity contribution in [3.05, 3.63) is 34.9 Å². The molecule has 4 aliphatic carbocycles. The summed E-state index contributed by atoms with van der Waals surface area (Å²) in [6.07, 6.45) is 10.8. The molecule has 0 radical (unpaired) electrons. The Labute approximate surface area is 248 Å². The van der Waals surface area contributed by atoms with E-state index in [1.165, 1.54) is 32.8 Å². The van der Waals surface area contributed by atoms with E-state index in [4.69, 9.17) is 9.47 Å². The molecule has 0 spiro atoms. The van der Waals surface area contributed by atoms with Crippen LogP contribution in [0.4, 0.5) is 0 Å². The summed E-state index contributed by atoms with van der Waals surface area (Å²) < 4.78 is 12.0. The molecule has 42 heavy (non-hydrogen) atoms. The standard InChI is InChI=1S/C33H46N2O7/c1-41-27-14-21(18-37)13-24-29-25(33(40)34-9-10-36)16-26(30(39)32(29)42-31(24)27)35(17-19-5-3-2-4-6-19)28(38)15-23-12-20-7-8-22(23)11-20/h13-14,16,19-20,22-23,26,29-30,32,36-37,39H,2-12,15,17-18H2,1H3,(H,34,40)/t20?,22?,23?,26-,29+,30+,32+/m1/s1. The number of methoxy groups -OCH3 is 1. The van der Waals surface area contributed by atoms with Gasteiger partial charge in [0.2, 0.25) is 11.8 Å². The Morgan fingerprint density at radius 3 is 2.57 bits per heavy atom. The van der Waals surface area contributed by atoms with E-state index in [9.17, 15) is 24.9 Å². The molecule has 3 saturated carbocycles. The molecule has 7 atom stereocenters. The van der Waals surface area contributed by atoms with Gasteiger partial charge in [0.1, 0.15) is 12.2 Å². The number of nitrogens with one attached hydrogen (secondary N) is 1. The third-order valence-electron chi connectivity index (χ3n) is 10.7. The Balaban J connectivity index is 1.36. The summed E-state index contributed by atoms with van der Waals surface area (Å²) in [6.45, 7) is 0.231. The van der Waals surface area contributed by atoms with Crippen LogP contribution in [0.5, 0.6) is 11.5 Å². The number of hydrogen-bond acceptors (Lipinski definition) is 7. The van der Waals surface area contributed by atoms with Crippen molar-refractivity contribution in [3.63, 3.8) is 0 Å². The van der Waals surface area contributed by atoms with Gasteiger partial charge in [-0.1, -0.05) is 25.7 Å². The van der Waals surface area contributed by atoms with Crippen LogP contribution in [0.3, 0.4) is 0 Å². The Hall–Kier alpha value is -2.62. The zero-order chi connectivity index (χ0) is 29.4. The van der Waals surface area contributed by atoms with Gasteiger partial charge in [-0.3, -0.25) is 9.59 Å². The van der Waals surface area contributed by atoms with Gasteiger partial charge >= 0.3 is 0 Å². The molecule has 0 aromatic heterocycles. The lowest BCUT2D eigenvalue weighted by Crippen LogP contribution is -2.57. The molecule has 6 rings (SSSR count). The predicted molar refractivity (Wildman–Crippen MR) is 156 cm³/mol. The number of ether oxygens (including phenoxy) is 2. The maximum Gasteiger partial charge on any atom is 0.247 e. The van der Waals surface area contributed by atoms with Gasteiger partial charge in [-0.25, -0.2) is 0 Å². The first-order chi connectivity index (χ1) is 20.4. The number of carbonyl (C=O) groups is 2. The molecule has 1 aliphatic heterocycles. The number of aliphatic hydroxyl groups excluding tert-OH is 3. The number of amides is 2. The highest BCUT2D eigenvalue weighted by Crippen LogP contribution is 2.52. The van der Waals surface area contributed by atoms with Gasteiger partial charge in [0.25, 0.3) is 0 Å². The van der Waals surface area contributed by atoms with Crippen LogP contribution < -0.4 is 14.8 Å². The molecule has 2 amide bonds. The van der Waals surface area contributed by atoms with Crippen molar-refractivity contribution in [1.29, 1.82) is 0 Å². The minimum atomic E-state index is -1.06. The number of benzene rings is 1. The zero-order valence-corrected chi connectivity index (χ0v) is 24.7. The van der Waals surface area contributed by atoms with Crippen LogP contribution in [0.25, 0.3) is 0 Å². The molecule has 1 aromatic rings. The summed E-state index contributed by atoms with van der Waals surface area (Å²) in [4.78, 5) is 29.7. The highest BCUT2D eigenvalue weighted by Gasteiger charge is 2.52. The molecular weight excluding hydrogens is 536 g/mol. The van der Waals surface area contributed by atoms with Crippen molar-refractivity contribution in [1.82, 2.24) is 10.2 Å². The molecule has 4 N–H and O–H groups in total. The Morgan fingerprint density at radius 1 is 1.10 bits per heavy atom. The molecule has 230 valence electrons. The normalized spacial score (nSPS) is 31.6. The van der Waals surface area contributed by atoms with Crippen molar-refractivity contribution in [3.8, 4) is 11.5 Å². The smallest absolute Gasteiger partial charge is 0.247 e. The van der Waals surface area contributed by atoms with E-state index in [1.807, 2.05) is 4.90 Å². The van der Waals surface area contributed by atoms with Crippen molar-refractivity contribution in [2.24, 2.45) is 23.7 Å². The van der Waals surface area contributed by atoms with Gasteiger partial charge in [-0.2, -0.15) is 0 Å². The molecular formula is C33H46N2O7.